The highest BCUT2D eigenvalue weighted by molar-refractivity contribution is 5.22. The molecule has 0 aromatic rings. The molecule has 0 saturated heterocycles. The van der Waals surface area contributed by atoms with Crippen LogP contribution in [0.25, 0.3) is 0 Å². The van der Waals surface area contributed by atoms with E-state index in [-0.39, 0.29) is 0 Å². The molecule has 0 aliphatic heterocycles. The van der Waals surface area contributed by atoms with Gasteiger partial charge in [-0.15, -0.1) is 0 Å². The zero-order valence-electron chi connectivity index (χ0n) is 4.15. The molecule has 0 atom stereocenters. The molecule has 1 radical (unpaired) electrons. The Kier molecular flexibility index (Phi) is 1.12. The molecule has 0 nitrogen and oxygen atoms in total. The molecule has 0 aromatic carbocycles. The second kappa shape index (κ2) is 1.78. The first-order valence-corrected chi connectivity index (χ1v) is 2.31. The van der Waals surface area contributed by atoms with Gasteiger partial charge in [-0.25, -0.2) is 0 Å². The first kappa shape index (κ1) is 4.38. The van der Waals surface area contributed by atoms with Gasteiger partial charge >= 0.3 is 0 Å². The number of hydrogen-bond acceptors (Lipinski definition) is 0. The molecule has 0 bridgehead atoms. The van der Waals surface area contributed by atoms with E-state index in [2.05, 4.69) is 12.7 Å². The molecule has 35 valence electrons. The lowest BCUT2D eigenvalue weighted by atomic mass is 10.1. The largest absolute Gasteiger partial charge is 0.0955 e. The molecule has 0 N–H and O–H groups in total. The van der Waals surface area contributed by atoms with E-state index in [1.807, 2.05) is 18.2 Å². The van der Waals surface area contributed by atoms with Crippen LogP contribution in [-0.4, -0.2) is 0 Å². The van der Waals surface area contributed by atoms with Crippen molar-refractivity contribution in [2.75, 3.05) is 0 Å². The molecule has 7 heavy (non-hydrogen) atoms. The van der Waals surface area contributed by atoms with Gasteiger partial charge in [0.05, 0.1) is 0 Å². The number of hydrogen-bond donors (Lipinski definition) is 0. The fraction of sp³-hybridized carbons (Fsp3) is 0.143. The van der Waals surface area contributed by atoms with Gasteiger partial charge in [-0.1, -0.05) is 30.4 Å². The zero-order chi connectivity index (χ0) is 5.11. The van der Waals surface area contributed by atoms with Crippen LogP contribution in [0, 0.1) is 6.08 Å². The van der Waals surface area contributed by atoms with Crippen molar-refractivity contribution in [2.45, 2.75) is 6.42 Å². The predicted molar refractivity (Wildman–Crippen MR) is 30.7 cm³/mol. The van der Waals surface area contributed by atoms with E-state index < -0.39 is 0 Å². The molecule has 0 heteroatoms. The normalized spacial score (nSPS) is 18.0. The first-order valence-electron chi connectivity index (χ1n) is 2.31. The van der Waals surface area contributed by atoms with Crippen molar-refractivity contribution < 1.29 is 0 Å². The summed E-state index contributed by atoms with van der Waals surface area (Å²) in [5, 5.41) is 0. The van der Waals surface area contributed by atoms with E-state index in [1.165, 1.54) is 0 Å². The average molecular weight is 91.1 g/mol. The van der Waals surface area contributed by atoms with Crippen LogP contribution in [0.5, 0.6) is 0 Å². The van der Waals surface area contributed by atoms with E-state index in [0.29, 0.717) is 0 Å². The molecule has 0 amide bonds. The van der Waals surface area contributed by atoms with E-state index in [1.54, 1.807) is 0 Å². The maximum absolute atomic E-state index is 3.74. The Balaban J connectivity index is 2.66. The van der Waals surface area contributed by atoms with Crippen molar-refractivity contribution in [1.82, 2.24) is 0 Å². The highest BCUT2D eigenvalue weighted by Crippen LogP contribution is 2.04. The average Bonchev–Trinajstić information content (AvgIpc) is 1.69. The SMILES string of the molecule is C=C1C=[C]C=CC1. The summed E-state index contributed by atoms with van der Waals surface area (Å²) in [6, 6.07) is 0. The Morgan fingerprint density at radius 3 is 2.86 bits per heavy atom. The summed E-state index contributed by atoms with van der Waals surface area (Å²) in [5.74, 6) is 0. The zero-order valence-corrected chi connectivity index (χ0v) is 4.15. The van der Waals surface area contributed by atoms with Gasteiger partial charge in [-0.05, 0) is 12.5 Å². The maximum Gasteiger partial charge on any atom is -0.00998 e. The third-order valence-electron chi connectivity index (χ3n) is 0.882. The molecule has 0 spiro atoms. The van der Waals surface area contributed by atoms with Crippen molar-refractivity contribution in [3.05, 3.63) is 36.5 Å². The van der Waals surface area contributed by atoms with Gasteiger partial charge in [-0.2, -0.15) is 0 Å². The summed E-state index contributed by atoms with van der Waals surface area (Å²) in [4.78, 5) is 0. The fourth-order valence-corrected chi connectivity index (χ4v) is 0.503. The van der Waals surface area contributed by atoms with E-state index in [4.69, 9.17) is 0 Å². The summed E-state index contributed by atoms with van der Waals surface area (Å²) < 4.78 is 0. The van der Waals surface area contributed by atoms with Gasteiger partial charge in [0.15, 0.2) is 0 Å². The van der Waals surface area contributed by atoms with Gasteiger partial charge in [0.2, 0.25) is 0 Å². The van der Waals surface area contributed by atoms with Crippen molar-refractivity contribution in [2.24, 2.45) is 0 Å². The monoisotopic (exact) mass is 91.1 g/mol. The Morgan fingerprint density at radius 1 is 1.71 bits per heavy atom. The Morgan fingerprint density at radius 2 is 2.57 bits per heavy atom. The second-order valence-electron chi connectivity index (χ2n) is 1.58. The molecular formula is C7H7. The Hall–Kier alpha value is -0.780. The number of rotatable bonds is 0. The van der Waals surface area contributed by atoms with E-state index in [9.17, 15) is 0 Å². The summed E-state index contributed by atoms with van der Waals surface area (Å²) in [5.41, 5.74) is 1.14. The molecular weight excluding hydrogens is 84.1 g/mol. The van der Waals surface area contributed by atoms with Gasteiger partial charge in [-0.3, -0.25) is 0 Å². The van der Waals surface area contributed by atoms with Crippen molar-refractivity contribution >= 4 is 0 Å². The lowest BCUT2D eigenvalue weighted by Crippen LogP contribution is -1.74. The third-order valence-corrected chi connectivity index (χ3v) is 0.882. The minimum Gasteiger partial charge on any atom is -0.0955 e. The standard InChI is InChI=1S/C7H7/c1-7-5-3-2-4-6-7/h2-3,6H,1,5H2. The minimum atomic E-state index is 0.993. The van der Waals surface area contributed by atoms with Gasteiger partial charge in [0, 0.05) is 0 Å². The van der Waals surface area contributed by atoms with Crippen LogP contribution in [-0.2, 0) is 0 Å². The van der Waals surface area contributed by atoms with Crippen LogP contribution in [0.2, 0.25) is 0 Å². The van der Waals surface area contributed by atoms with Crippen LogP contribution in [0.4, 0.5) is 0 Å². The minimum absolute atomic E-state index is 0.993. The van der Waals surface area contributed by atoms with Crippen LogP contribution < -0.4 is 0 Å². The van der Waals surface area contributed by atoms with Crippen LogP contribution in [0.15, 0.2) is 30.4 Å². The topological polar surface area (TPSA) is 0 Å². The molecule has 1 aliphatic rings. The van der Waals surface area contributed by atoms with Crippen molar-refractivity contribution in [3.63, 3.8) is 0 Å². The molecule has 0 unspecified atom stereocenters. The van der Waals surface area contributed by atoms with E-state index >= 15 is 0 Å². The summed E-state index contributed by atoms with van der Waals surface area (Å²) in [6.07, 6.45) is 9.78. The first-order chi connectivity index (χ1) is 3.39. The quantitative estimate of drug-likeness (QED) is 0.427. The fourth-order valence-electron chi connectivity index (χ4n) is 0.503. The molecule has 1 rings (SSSR count). The lowest BCUT2D eigenvalue weighted by molar-refractivity contribution is 1.27. The molecule has 1 aliphatic carbocycles. The smallest absolute Gasteiger partial charge is 0.00998 e. The van der Waals surface area contributed by atoms with Gasteiger partial charge in [0.25, 0.3) is 0 Å². The Labute approximate surface area is 43.9 Å². The molecule has 0 aromatic heterocycles. The summed E-state index contributed by atoms with van der Waals surface area (Å²) in [7, 11) is 0. The van der Waals surface area contributed by atoms with Crippen molar-refractivity contribution in [3.8, 4) is 0 Å². The highest BCUT2D eigenvalue weighted by Gasteiger charge is 1.85. The van der Waals surface area contributed by atoms with Gasteiger partial charge < -0.3 is 0 Å². The summed E-state index contributed by atoms with van der Waals surface area (Å²) >= 11 is 0. The van der Waals surface area contributed by atoms with E-state index in [0.717, 1.165) is 12.0 Å². The highest BCUT2D eigenvalue weighted by atomic mass is 13.9. The second-order valence-corrected chi connectivity index (χ2v) is 1.58. The third kappa shape index (κ3) is 1.04. The van der Waals surface area contributed by atoms with Gasteiger partial charge in [0.1, 0.15) is 0 Å². The summed E-state index contributed by atoms with van der Waals surface area (Å²) in [6.45, 7) is 3.74. The van der Waals surface area contributed by atoms with Crippen LogP contribution >= 0.6 is 0 Å². The van der Waals surface area contributed by atoms with Crippen LogP contribution in [0.1, 0.15) is 6.42 Å². The molecule has 0 heterocycles. The lowest BCUT2D eigenvalue weighted by Gasteiger charge is -1.94. The molecule has 0 saturated carbocycles. The van der Waals surface area contributed by atoms with Crippen molar-refractivity contribution in [1.29, 1.82) is 0 Å². The predicted octanol–water partition coefficient (Wildman–Crippen LogP) is 1.86. The number of allylic oxidation sites excluding steroid dienone is 5. The molecule has 0 fully saturated rings. The van der Waals surface area contributed by atoms with Crippen LogP contribution in [0.3, 0.4) is 0 Å². The maximum atomic E-state index is 3.74. The Bertz CT molecular complexity index is 127.